The van der Waals surface area contributed by atoms with Crippen molar-refractivity contribution in [3.8, 4) is 0 Å². The van der Waals surface area contributed by atoms with Gasteiger partial charge in [-0.2, -0.15) is 0 Å². The van der Waals surface area contributed by atoms with Crippen LogP contribution in [0, 0.1) is 11.3 Å². The quantitative estimate of drug-likeness (QED) is 0.662. The van der Waals surface area contributed by atoms with Gasteiger partial charge in [-0.1, -0.05) is 34.6 Å². The Labute approximate surface area is 70.3 Å². The van der Waals surface area contributed by atoms with Crippen molar-refractivity contribution in [1.82, 2.24) is 0 Å². The van der Waals surface area contributed by atoms with E-state index in [0.29, 0.717) is 0 Å². The van der Waals surface area contributed by atoms with Crippen LogP contribution in [0.25, 0.3) is 0 Å². The Balaban J connectivity index is 0. The molecule has 0 aliphatic heterocycles. The molecular weight excluding hydrogens is 140 g/mol. The molecule has 70 valence electrons. The molecule has 2 N–H and O–H groups in total. The Morgan fingerprint density at radius 3 is 1.64 bits per heavy atom. The molecule has 2 heteroatoms. The largest absolute Gasteiger partial charge is 0.396 e. The Morgan fingerprint density at radius 2 is 1.55 bits per heavy atom. The molecule has 0 heterocycles. The van der Waals surface area contributed by atoms with E-state index in [-0.39, 0.29) is 24.5 Å². The maximum absolute atomic E-state index is 8.78. The van der Waals surface area contributed by atoms with Crippen LogP contribution in [0.3, 0.4) is 0 Å². The van der Waals surface area contributed by atoms with Crippen LogP contribution in [-0.2, 0) is 0 Å². The molecule has 0 aromatic heterocycles. The lowest BCUT2D eigenvalue weighted by Gasteiger charge is -2.27. The topological polar surface area (TPSA) is 40.5 Å². The third-order valence-electron chi connectivity index (χ3n) is 2.02. The second-order valence-corrected chi connectivity index (χ2v) is 3.23. The third kappa shape index (κ3) is 5.22. The summed E-state index contributed by atoms with van der Waals surface area (Å²) in [6.45, 7) is 10.1. The van der Waals surface area contributed by atoms with Crippen LogP contribution in [-0.4, -0.2) is 23.4 Å². The van der Waals surface area contributed by atoms with Crippen LogP contribution in [0.1, 0.15) is 34.6 Å². The van der Waals surface area contributed by atoms with E-state index in [9.17, 15) is 0 Å². The molecule has 11 heavy (non-hydrogen) atoms. The molecule has 1 atom stereocenters. The first-order valence-corrected chi connectivity index (χ1v) is 4.26. The van der Waals surface area contributed by atoms with Gasteiger partial charge < -0.3 is 10.2 Å². The lowest BCUT2D eigenvalue weighted by atomic mass is 9.81. The molecule has 0 rings (SSSR count). The Kier molecular flexibility index (Phi) is 8.13. The van der Waals surface area contributed by atoms with Gasteiger partial charge >= 0.3 is 0 Å². The number of aliphatic hydroxyl groups is 2. The van der Waals surface area contributed by atoms with Crippen LogP contribution in [0.2, 0.25) is 0 Å². The van der Waals surface area contributed by atoms with Crippen LogP contribution >= 0.6 is 0 Å². The van der Waals surface area contributed by atoms with E-state index in [0.717, 1.165) is 0 Å². The van der Waals surface area contributed by atoms with E-state index in [2.05, 4.69) is 0 Å². The molecule has 0 radical (unpaired) electrons. The first-order chi connectivity index (χ1) is 5.04. The second kappa shape index (κ2) is 6.62. The van der Waals surface area contributed by atoms with Gasteiger partial charge in [0, 0.05) is 13.2 Å². The van der Waals surface area contributed by atoms with Gasteiger partial charge in [0.1, 0.15) is 0 Å². The lowest BCUT2D eigenvalue weighted by molar-refractivity contribution is 0.0667. The Morgan fingerprint density at radius 1 is 1.18 bits per heavy atom. The minimum atomic E-state index is -0.144. The summed E-state index contributed by atoms with van der Waals surface area (Å²) < 4.78 is 0. The van der Waals surface area contributed by atoms with Crippen LogP contribution in [0.15, 0.2) is 0 Å². The van der Waals surface area contributed by atoms with E-state index in [4.69, 9.17) is 10.2 Å². The zero-order valence-corrected chi connectivity index (χ0v) is 8.39. The SMILES string of the molecule is CC.CC(CO)C(C)(C)CO. The minimum Gasteiger partial charge on any atom is -0.396 e. The molecule has 0 aromatic rings. The maximum Gasteiger partial charge on any atom is 0.0485 e. The van der Waals surface area contributed by atoms with Gasteiger partial charge in [0.05, 0.1) is 0 Å². The van der Waals surface area contributed by atoms with E-state index >= 15 is 0 Å². The number of hydrogen-bond acceptors (Lipinski definition) is 2. The molecule has 0 fully saturated rings. The summed E-state index contributed by atoms with van der Waals surface area (Å²) in [4.78, 5) is 0. The summed E-state index contributed by atoms with van der Waals surface area (Å²) >= 11 is 0. The zero-order valence-electron chi connectivity index (χ0n) is 8.39. The van der Waals surface area contributed by atoms with Crippen molar-refractivity contribution >= 4 is 0 Å². The van der Waals surface area contributed by atoms with Gasteiger partial charge in [-0.15, -0.1) is 0 Å². The molecule has 0 aliphatic rings. The molecule has 1 unspecified atom stereocenters. The third-order valence-corrected chi connectivity index (χ3v) is 2.02. The molecule has 0 bridgehead atoms. The van der Waals surface area contributed by atoms with Gasteiger partial charge in [-0.05, 0) is 11.3 Å². The maximum atomic E-state index is 8.78. The molecule has 0 aliphatic carbocycles. The highest BCUT2D eigenvalue weighted by molar-refractivity contribution is 4.72. The summed E-state index contributed by atoms with van der Waals surface area (Å²) in [6, 6.07) is 0. The molecular formula is C9H22O2. The molecule has 0 amide bonds. The standard InChI is InChI=1S/C7H16O2.C2H6/c1-6(4-8)7(2,3)5-9;1-2/h6,8-9H,4-5H2,1-3H3;1-2H3. The first kappa shape index (κ1) is 13.5. The fourth-order valence-electron chi connectivity index (χ4n) is 0.403. The predicted octanol–water partition coefficient (Wildman–Crippen LogP) is 1.66. The summed E-state index contributed by atoms with van der Waals surface area (Å²) in [5.41, 5.74) is -0.144. The van der Waals surface area contributed by atoms with Gasteiger partial charge in [-0.25, -0.2) is 0 Å². The van der Waals surface area contributed by atoms with Crippen molar-refractivity contribution in [3.05, 3.63) is 0 Å². The minimum absolute atomic E-state index is 0.134. The van der Waals surface area contributed by atoms with Crippen LogP contribution in [0.5, 0.6) is 0 Å². The molecule has 0 saturated carbocycles. The summed E-state index contributed by atoms with van der Waals surface area (Å²) in [5.74, 6) is 0.169. The van der Waals surface area contributed by atoms with Crippen molar-refractivity contribution < 1.29 is 10.2 Å². The van der Waals surface area contributed by atoms with E-state index in [1.54, 1.807) is 0 Å². The fourth-order valence-corrected chi connectivity index (χ4v) is 0.403. The van der Waals surface area contributed by atoms with Crippen LogP contribution in [0.4, 0.5) is 0 Å². The highest BCUT2D eigenvalue weighted by Gasteiger charge is 2.23. The Hall–Kier alpha value is -0.0800. The first-order valence-electron chi connectivity index (χ1n) is 4.26. The number of hydrogen-bond donors (Lipinski definition) is 2. The average Bonchev–Trinajstić information content (AvgIpc) is 2.06. The normalized spacial score (nSPS) is 13.4. The monoisotopic (exact) mass is 162 g/mol. The smallest absolute Gasteiger partial charge is 0.0485 e. The van der Waals surface area contributed by atoms with Gasteiger partial charge in [0.2, 0.25) is 0 Å². The summed E-state index contributed by atoms with van der Waals surface area (Å²) in [6.07, 6.45) is 0. The van der Waals surface area contributed by atoms with Gasteiger partial charge in [-0.3, -0.25) is 0 Å². The molecule has 0 spiro atoms. The Bertz CT molecular complexity index is 79.6. The number of aliphatic hydroxyl groups excluding tert-OH is 2. The second-order valence-electron chi connectivity index (χ2n) is 3.23. The highest BCUT2D eigenvalue weighted by atomic mass is 16.3. The predicted molar refractivity (Wildman–Crippen MR) is 48.5 cm³/mol. The van der Waals surface area contributed by atoms with Gasteiger partial charge in [0.25, 0.3) is 0 Å². The fraction of sp³-hybridized carbons (Fsp3) is 1.00. The van der Waals surface area contributed by atoms with Crippen molar-refractivity contribution in [2.24, 2.45) is 11.3 Å². The molecule has 0 aromatic carbocycles. The van der Waals surface area contributed by atoms with Crippen molar-refractivity contribution in [2.45, 2.75) is 34.6 Å². The van der Waals surface area contributed by atoms with Crippen molar-refractivity contribution in [3.63, 3.8) is 0 Å². The highest BCUT2D eigenvalue weighted by Crippen LogP contribution is 2.24. The molecule has 0 saturated heterocycles. The van der Waals surface area contributed by atoms with Crippen LogP contribution < -0.4 is 0 Å². The van der Waals surface area contributed by atoms with E-state index in [1.165, 1.54) is 0 Å². The van der Waals surface area contributed by atoms with E-state index in [1.807, 2.05) is 34.6 Å². The zero-order chi connectivity index (χ0) is 9.49. The van der Waals surface area contributed by atoms with Gasteiger partial charge in [0.15, 0.2) is 0 Å². The van der Waals surface area contributed by atoms with E-state index < -0.39 is 0 Å². The number of rotatable bonds is 3. The van der Waals surface area contributed by atoms with Crippen molar-refractivity contribution in [1.29, 1.82) is 0 Å². The molecule has 2 nitrogen and oxygen atoms in total. The van der Waals surface area contributed by atoms with Crippen molar-refractivity contribution in [2.75, 3.05) is 13.2 Å². The summed E-state index contributed by atoms with van der Waals surface area (Å²) in [5, 5.41) is 17.5. The average molecular weight is 162 g/mol. The summed E-state index contributed by atoms with van der Waals surface area (Å²) in [7, 11) is 0. The lowest BCUT2D eigenvalue weighted by Crippen LogP contribution is -2.28.